The van der Waals surface area contributed by atoms with Gasteiger partial charge in [-0.05, 0) is 80.6 Å². The van der Waals surface area contributed by atoms with E-state index in [1.54, 1.807) is 0 Å². The fraction of sp³-hybridized carbons (Fsp3) is 0. The molecule has 5 heteroatoms. The number of hydrogen-bond donors (Lipinski definition) is 0. The number of nitrogens with zero attached hydrogens (tertiary/aromatic N) is 3. The molecule has 0 amide bonds. The normalized spacial score (nSPS) is 12.1. The molecule has 54 heavy (non-hydrogen) atoms. The van der Waals surface area contributed by atoms with E-state index in [0.29, 0.717) is 17.5 Å². The van der Waals surface area contributed by atoms with E-state index in [-0.39, 0.29) is 0 Å². The minimum Gasteiger partial charge on any atom is -0.456 e. The largest absolute Gasteiger partial charge is 0.456 e. The van der Waals surface area contributed by atoms with Gasteiger partial charge >= 0.3 is 0 Å². The molecule has 11 aromatic rings. The Labute approximate surface area is 308 Å². The zero-order chi connectivity index (χ0) is 35.3. The summed E-state index contributed by atoms with van der Waals surface area (Å²) in [4.78, 5) is 15.4. The Morgan fingerprint density at radius 2 is 0.833 bits per heavy atom. The van der Waals surface area contributed by atoms with Gasteiger partial charge in [0.2, 0.25) is 0 Å². The Bertz CT molecular complexity index is 3330. The number of hydrogen-bond acceptors (Lipinski definition) is 5. The van der Waals surface area contributed by atoms with Crippen LogP contribution in [0.25, 0.3) is 122 Å². The topological polar surface area (TPSA) is 65.0 Å². The molecule has 1 aliphatic carbocycles. The zero-order valence-corrected chi connectivity index (χ0v) is 28.7. The fourth-order valence-corrected chi connectivity index (χ4v) is 8.37. The Morgan fingerprint density at radius 3 is 1.63 bits per heavy atom. The summed E-state index contributed by atoms with van der Waals surface area (Å²) < 4.78 is 12.5. The smallest absolute Gasteiger partial charge is 0.164 e. The molecule has 0 atom stereocenters. The van der Waals surface area contributed by atoms with E-state index in [2.05, 4.69) is 115 Å². The molecule has 0 spiro atoms. The van der Waals surface area contributed by atoms with Crippen LogP contribution in [0, 0.1) is 0 Å². The van der Waals surface area contributed by atoms with Gasteiger partial charge < -0.3 is 8.83 Å². The third-order valence-electron chi connectivity index (χ3n) is 10.9. The average Bonchev–Trinajstić information content (AvgIpc) is 3.91. The molecule has 0 radical (unpaired) electrons. The lowest BCUT2D eigenvalue weighted by molar-refractivity contribution is 0.668. The van der Waals surface area contributed by atoms with E-state index in [0.717, 1.165) is 71.7 Å². The highest BCUT2D eigenvalue weighted by Gasteiger charge is 2.23. The molecule has 0 fully saturated rings. The van der Waals surface area contributed by atoms with E-state index < -0.39 is 0 Å². The average molecular weight is 690 g/mol. The van der Waals surface area contributed by atoms with Gasteiger partial charge in [-0.25, -0.2) is 15.0 Å². The van der Waals surface area contributed by atoms with Crippen LogP contribution in [0.1, 0.15) is 0 Å². The molecule has 0 N–H and O–H groups in total. The molecule has 5 nitrogen and oxygen atoms in total. The lowest BCUT2D eigenvalue weighted by Gasteiger charge is -2.11. The quantitative estimate of drug-likeness (QED) is 0.184. The van der Waals surface area contributed by atoms with Crippen molar-refractivity contribution in [1.29, 1.82) is 0 Å². The maximum atomic E-state index is 6.28. The van der Waals surface area contributed by atoms with Gasteiger partial charge in [0.1, 0.15) is 22.3 Å². The number of fused-ring (bicyclic) bond motifs is 9. The number of aromatic nitrogens is 3. The molecule has 0 saturated heterocycles. The van der Waals surface area contributed by atoms with Crippen LogP contribution in [-0.2, 0) is 0 Å². The molecule has 1 aliphatic rings. The summed E-state index contributed by atoms with van der Waals surface area (Å²) >= 11 is 0. The summed E-state index contributed by atoms with van der Waals surface area (Å²) in [5.41, 5.74) is 13.2. The first kappa shape index (κ1) is 29.2. The highest BCUT2D eigenvalue weighted by atomic mass is 16.3. The standard InChI is InChI=1S/C49H27N3O2/c1-3-15-41-35(10-1)36-25-23-32(27-44(36)54-41)49-51-47(30-20-18-28(19-21-30)33-12-7-17-43-46(33)39-11-2-4-16-42(39)53-43)50-48(52-49)31-22-24-34-37-13-5-8-29-9-6-14-38(45(29)37)40(34)26-31/h1-27H. The van der Waals surface area contributed by atoms with Crippen LogP contribution in [0.2, 0.25) is 0 Å². The van der Waals surface area contributed by atoms with Crippen molar-refractivity contribution < 1.29 is 8.83 Å². The molecule has 0 bridgehead atoms. The summed E-state index contributed by atoms with van der Waals surface area (Å²) in [7, 11) is 0. The Kier molecular flexibility index (Phi) is 5.99. The number of rotatable bonds is 4. The molecule has 250 valence electrons. The van der Waals surface area contributed by atoms with Crippen molar-refractivity contribution in [2.45, 2.75) is 0 Å². The highest BCUT2D eigenvalue weighted by Crippen LogP contribution is 2.48. The molecule has 12 rings (SSSR count). The van der Waals surface area contributed by atoms with Crippen molar-refractivity contribution in [3.05, 3.63) is 164 Å². The molecule has 0 saturated carbocycles. The van der Waals surface area contributed by atoms with Crippen LogP contribution in [0.3, 0.4) is 0 Å². The predicted octanol–water partition coefficient (Wildman–Crippen LogP) is 13.1. The monoisotopic (exact) mass is 689 g/mol. The second kappa shape index (κ2) is 11.1. The van der Waals surface area contributed by atoms with Gasteiger partial charge in [0.05, 0.1) is 0 Å². The summed E-state index contributed by atoms with van der Waals surface area (Å²) in [6.07, 6.45) is 0. The van der Waals surface area contributed by atoms with Crippen molar-refractivity contribution in [2.75, 3.05) is 0 Å². The van der Waals surface area contributed by atoms with Gasteiger partial charge in [-0.15, -0.1) is 0 Å². The Hall–Kier alpha value is -7.37. The molecular formula is C49H27N3O2. The predicted molar refractivity (Wildman–Crippen MR) is 218 cm³/mol. The van der Waals surface area contributed by atoms with Gasteiger partial charge in [0.15, 0.2) is 17.5 Å². The summed E-state index contributed by atoms with van der Waals surface area (Å²) in [6, 6.07) is 56.9. The van der Waals surface area contributed by atoms with Crippen LogP contribution in [0.15, 0.2) is 173 Å². The molecule has 0 aliphatic heterocycles. The van der Waals surface area contributed by atoms with Crippen LogP contribution < -0.4 is 0 Å². The second-order valence-corrected chi connectivity index (χ2v) is 13.9. The van der Waals surface area contributed by atoms with Crippen LogP contribution in [0.4, 0.5) is 0 Å². The first-order chi connectivity index (χ1) is 26.7. The highest BCUT2D eigenvalue weighted by molar-refractivity contribution is 6.16. The maximum Gasteiger partial charge on any atom is 0.164 e. The van der Waals surface area contributed by atoms with Gasteiger partial charge in [-0.3, -0.25) is 0 Å². The summed E-state index contributed by atoms with van der Waals surface area (Å²) in [6.45, 7) is 0. The van der Waals surface area contributed by atoms with E-state index in [1.807, 2.05) is 48.5 Å². The molecular weight excluding hydrogens is 663 g/mol. The molecule has 8 aromatic carbocycles. The zero-order valence-electron chi connectivity index (χ0n) is 28.7. The number of para-hydroxylation sites is 2. The van der Waals surface area contributed by atoms with Crippen molar-refractivity contribution >= 4 is 54.6 Å². The second-order valence-electron chi connectivity index (χ2n) is 13.9. The van der Waals surface area contributed by atoms with Gasteiger partial charge in [-0.1, -0.05) is 127 Å². The van der Waals surface area contributed by atoms with Crippen molar-refractivity contribution in [3.8, 4) is 67.5 Å². The lowest BCUT2D eigenvalue weighted by atomic mass is 9.98. The van der Waals surface area contributed by atoms with E-state index in [1.165, 1.54) is 33.0 Å². The third kappa shape index (κ3) is 4.30. The van der Waals surface area contributed by atoms with Gasteiger partial charge in [-0.2, -0.15) is 0 Å². The SMILES string of the molecule is c1cc2c3c(cccc3c1)-c1cc(-c3nc(-c4ccc(-c5cccc6oc7ccccc7c56)cc4)nc(-c4ccc5c(c4)oc4ccccc45)n3)ccc1-2. The first-order valence-electron chi connectivity index (χ1n) is 18.1. The molecule has 0 unspecified atom stereocenters. The summed E-state index contributed by atoms with van der Waals surface area (Å²) in [5.74, 6) is 1.80. The number of furan rings is 2. The van der Waals surface area contributed by atoms with E-state index >= 15 is 0 Å². The number of benzene rings is 8. The van der Waals surface area contributed by atoms with Crippen molar-refractivity contribution in [2.24, 2.45) is 0 Å². The minimum absolute atomic E-state index is 0.585. The Balaban J connectivity index is 1.02. The van der Waals surface area contributed by atoms with Crippen LogP contribution in [0.5, 0.6) is 0 Å². The van der Waals surface area contributed by atoms with Gasteiger partial charge in [0, 0.05) is 38.2 Å². The van der Waals surface area contributed by atoms with E-state index in [4.69, 9.17) is 23.8 Å². The minimum atomic E-state index is 0.585. The lowest BCUT2D eigenvalue weighted by Crippen LogP contribution is -2.00. The fourth-order valence-electron chi connectivity index (χ4n) is 8.37. The third-order valence-corrected chi connectivity index (χ3v) is 10.9. The van der Waals surface area contributed by atoms with Gasteiger partial charge in [0.25, 0.3) is 0 Å². The van der Waals surface area contributed by atoms with Crippen LogP contribution >= 0.6 is 0 Å². The summed E-state index contributed by atoms with van der Waals surface area (Å²) in [5, 5.41) is 6.91. The first-order valence-corrected chi connectivity index (χ1v) is 18.1. The van der Waals surface area contributed by atoms with Crippen molar-refractivity contribution in [1.82, 2.24) is 15.0 Å². The van der Waals surface area contributed by atoms with Crippen LogP contribution in [-0.4, -0.2) is 15.0 Å². The Morgan fingerprint density at radius 1 is 0.296 bits per heavy atom. The van der Waals surface area contributed by atoms with E-state index in [9.17, 15) is 0 Å². The van der Waals surface area contributed by atoms with Crippen molar-refractivity contribution in [3.63, 3.8) is 0 Å². The molecule has 3 heterocycles. The maximum absolute atomic E-state index is 6.28. The molecule has 3 aromatic heterocycles.